The summed E-state index contributed by atoms with van der Waals surface area (Å²) < 4.78 is 10.7. The number of ether oxygens (including phenoxy) is 2. The third-order valence-electron chi connectivity index (χ3n) is 4.81. The monoisotopic (exact) mass is 419 g/mol. The average molecular weight is 419 g/mol. The molecule has 1 aromatic carbocycles. The molecule has 2 saturated heterocycles. The largest absolute Gasteiger partial charge is 0.454 e. The van der Waals surface area contributed by atoms with E-state index in [0.717, 1.165) is 17.7 Å². The smallest absolute Gasteiger partial charge is 0.255 e. The van der Waals surface area contributed by atoms with Gasteiger partial charge in [-0.3, -0.25) is 34.6 Å². The normalized spacial score (nSPS) is 18.8. The molecular weight excluding hydrogens is 398 g/mol. The molecule has 11 heteroatoms. The molecule has 4 rings (SSSR count). The molecule has 154 valence electrons. The summed E-state index contributed by atoms with van der Waals surface area (Å²) in [6.45, 7) is 1.90. The van der Waals surface area contributed by atoms with E-state index >= 15 is 0 Å². The van der Waals surface area contributed by atoms with Crippen molar-refractivity contribution in [1.82, 2.24) is 25.6 Å². The summed E-state index contributed by atoms with van der Waals surface area (Å²) >= 11 is 5.48. The van der Waals surface area contributed by atoms with Crippen LogP contribution in [0.25, 0.3) is 0 Å². The van der Waals surface area contributed by atoms with E-state index < -0.39 is 11.8 Å². The average Bonchev–Trinajstić information content (AvgIpc) is 3.34. The van der Waals surface area contributed by atoms with Gasteiger partial charge in [0.25, 0.3) is 5.91 Å². The molecule has 3 heterocycles. The SMILES string of the molecule is O=C1CN(CC(=O)N2CCCN2C(=S)NCc2ccc3c(c2)OCO3)CC(=O)N1. The lowest BCUT2D eigenvalue weighted by Crippen LogP contribution is -2.56. The molecule has 10 nitrogen and oxygen atoms in total. The van der Waals surface area contributed by atoms with E-state index in [-0.39, 0.29) is 32.3 Å². The first-order valence-corrected chi connectivity index (χ1v) is 9.69. The third kappa shape index (κ3) is 4.40. The van der Waals surface area contributed by atoms with Crippen molar-refractivity contribution >= 4 is 35.1 Å². The van der Waals surface area contributed by atoms with Crippen LogP contribution < -0.4 is 20.1 Å². The molecule has 1 aromatic rings. The molecule has 3 aliphatic heterocycles. The zero-order chi connectivity index (χ0) is 20.4. The maximum absolute atomic E-state index is 12.7. The van der Waals surface area contributed by atoms with E-state index in [1.165, 1.54) is 4.90 Å². The van der Waals surface area contributed by atoms with E-state index in [1.54, 1.807) is 10.0 Å². The van der Waals surface area contributed by atoms with Crippen LogP contribution in [0.3, 0.4) is 0 Å². The van der Waals surface area contributed by atoms with Gasteiger partial charge in [-0.05, 0) is 36.3 Å². The number of nitrogens with zero attached hydrogens (tertiary/aromatic N) is 3. The zero-order valence-electron chi connectivity index (χ0n) is 15.7. The van der Waals surface area contributed by atoms with Crippen LogP contribution in [-0.2, 0) is 20.9 Å². The van der Waals surface area contributed by atoms with E-state index in [0.29, 0.717) is 30.5 Å². The first-order chi connectivity index (χ1) is 14.0. The number of nitrogens with one attached hydrogen (secondary N) is 2. The van der Waals surface area contributed by atoms with Crippen LogP contribution >= 0.6 is 12.2 Å². The Labute approximate surface area is 172 Å². The van der Waals surface area contributed by atoms with Crippen molar-refractivity contribution in [1.29, 1.82) is 0 Å². The van der Waals surface area contributed by atoms with Gasteiger partial charge in [-0.15, -0.1) is 0 Å². The van der Waals surface area contributed by atoms with Gasteiger partial charge >= 0.3 is 0 Å². The lowest BCUT2D eigenvalue weighted by molar-refractivity contribution is -0.143. The number of hydrogen-bond donors (Lipinski definition) is 2. The van der Waals surface area contributed by atoms with Gasteiger partial charge in [0.2, 0.25) is 18.6 Å². The summed E-state index contributed by atoms with van der Waals surface area (Å²) in [5.74, 6) is 0.435. The maximum atomic E-state index is 12.7. The van der Waals surface area contributed by atoms with Crippen LogP contribution in [0, 0.1) is 0 Å². The summed E-state index contributed by atoms with van der Waals surface area (Å²) in [6, 6.07) is 5.67. The Kier molecular flexibility index (Phi) is 5.49. The van der Waals surface area contributed by atoms with E-state index in [9.17, 15) is 14.4 Å². The van der Waals surface area contributed by atoms with Crippen LogP contribution in [0.15, 0.2) is 18.2 Å². The first kappa shape index (κ1) is 19.4. The number of carbonyl (C=O) groups excluding carboxylic acids is 3. The van der Waals surface area contributed by atoms with Crippen LogP contribution in [0.4, 0.5) is 0 Å². The number of carbonyl (C=O) groups is 3. The molecule has 29 heavy (non-hydrogen) atoms. The molecule has 2 fully saturated rings. The van der Waals surface area contributed by atoms with Gasteiger partial charge < -0.3 is 14.8 Å². The number of hydrogen-bond acceptors (Lipinski definition) is 7. The predicted octanol–water partition coefficient (Wildman–Crippen LogP) is -0.802. The Bertz CT molecular complexity index is 847. The first-order valence-electron chi connectivity index (χ1n) is 9.29. The highest BCUT2D eigenvalue weighted by Crippen LogP contribution is 2.32. The fourth-order valence-corrected chi connectivity index (χ4v) is 3.75. The van der Waals surface area contributed by atoms with Crippen LogP contribution in [0.1, 0.15) is 12.0 Å². The lowest BCUT2D eigenvalue weighted by atomic mass is 10.2. The Morgan fingerprint density at radius 3 is 2.62 bits per heavy atom. The fraction of sp³-hybridized carbons (Fsp3) is 0.444. The molecule has 0 saturated carbocycles. The second-order valence-corrected chi connectivity index (χ2v) is 7.34. The summed E-state index contributed by atoms with van der Waals surface area (Å²) in [4.78, 5) is 37.2. The Hall–Kier alpha value is -2.92. The molecule has 0 spiro atoms. The molecule has 0 aliphatic carbocycles. The van der Waals surface area contributed by atoms with Crippen molar-refractivity contribution in [3.8, 4) is 11.5 Å². The molecule has 2 N–H and O–H groups in total. The van der Waals surface area contributed by atoms with Crippen molar-refractivity contribution < 1.29 is 23.9 Å². The highest BCUT2D eigenvalue weighted by molar-refractivity contribution is 7.80. The number of imide groups is 1. The highest BCUT2D eigenvalue weighted by atomic mass is 32.1. The molecule has 0 radical (unpaired) electrons. The Morgan fingerprint density at radius 2 is 1.83 bits per heavy atom. The summed E-state index contributed by atoms with van der Waals surface area (Å²) in [5.41, 5.74) is 0.978. The van der Waals surface area contributed by atoms with E-state index in [1.807, 2.05) is 18.2 Å². The predicted molar refractivity (Wildman–Crippen MR) is 105 cm³/mol. The summed E-state index contributed by atoms with van der Waals surface area (Å²) in [7, 11) is 0. The van der Waals surface area contributed by atoms with Gasteiger partial charge in [0.05, 0.1) is 19.6 Å². The van der Waals surface area contributed by atoms with Crippen molar-refractivity contribution in [2.24, 2.45) is 0 Å². The minimum absolute atomic E-state index is 0.0135. The second kappa shape index (κ2) is 8.21. The van der Waals surface area contributed by atoms with Crippen molar-refractivity contribution in [2.75, 3.05) is 39.5 Å². The van der Waals surface area contributed by atoms with E-state index in [2.05, 4.69) is 10.6 Å². The zero-order valence-corrected chi connectivity index (χ0v) is 16.5. The molecule has 3 aliphatic rings. The third-order valence-corrected chi connectivity index (χ3v) is 5.16. The quantitative estimate of drug-likeness (QED) is 0.479. The van der Waals surface area contributed by atoms with Gasteiger partial charge in [0.1, 0.15) is 0 Å². The standard InChI is InChI=1S/C18H21N5O5S/c24-15-8-21(9-16(25)20-15)10-17(26)22-4-1-5-23(22)18(29)19-7-12-2-3-13-14(6-12)28-11-27-13/h2-3,6H,1,4-5,7-11H2,(H,19,29)(H,20,24,25). The van der Waals surface area contributed by atoms with Gasteiger partial charge in [-0.2, -0.15) is 0 Å². The van der Waals surface area contributed by atoms with Gasteiger partial charge in [0, 0.05) is 19.6 Å². The van der Waals surface area contributed by atoms with Gasteiger partial charge in [0.15, 0.2) is 16.6 Å². The number of fused-ring (bicyclic) bond motifs is 1. The number of piperazine rings is 1. The minimum Gasteiger partial charge on any atom is -0.454 e. The highest BCUT2D eigenvalue weighted by Gasteiger charge is 2.31. The number of hydrazine groups is 1. The second-order valence-electron chi connectivity index (χ2n) is 6.96. The maximum Gasteiger partial charge on any atom is 0.255 e. The summed E-state index contributed by atoms with van der Waals surface area (Å²) in [5, 5.41) is 9.15. The van der Waals surface area contributed by atoms with Gasteiger partial charge in [-0.25, -0.2) is 0 Å². The minimum atomic E-state index is -0.395. The number of amides is 3. The number of rotatable bonds is 4. The van der Waals surface area contributed by atoms with Gasteiger partial charge in [-0.1, -0.05) is 6.07 Å². The summed E-state index contributed by atoms with van der Waals surface area (Å²) in [6.07, 6.45) is 0.789. The molecule has 3 amide bonds. The molecule has 0 unspecified atom stereocenters. The Morgan fingerprint density at radius 1 is 1.10 bits per heavy atom. The molecule has 0 aromatic heterocycles. The lowest BCUT2D eigenvalue weighted by Gasteiger charge is -2.32. The van der Waals surface area contributed by atoms with E-state index in [4.69, 9.17) is 21.7 Å². The molecular formula is C18H21N5O5S. The van der Waals surface area contributed by atoms with Crippen LogP contribution in [0.5, 0.6) is 11.5 Å². The molecule has 0 bridgehead atoms. The molecule has 0 atom stereocenters. The van der Waals surface area contributed by atoms with Crippen LogP contribution in [0.2, 0.25) is 0 Å². The van der Waals surface area contributed by atoms with Crippen LogP contribution in [-0.4, -0.2) is 77.3 Å². The number of thiocarbonyl (C=S) groups is 1. The number of benzene rings is 1. The van der Waals surface area contributed by atoms with Crippen molar-refractivity contribution in [3.63, 3.8) is 0 Å². The Balaban J connectivity index is 1.32. The van der Waals surface area contributed by atoms with Crippen molar-refractivity contribution in [2.45, 2.75) is 13.0 Å². The topological polar surface area (TPSA) is 103 Å². The fourth-order valence-electron chi connectivity index (χ4n) is 3.48. The van der Waals surface area contributed by atoms with Crippen molar-refractivity contribution in [3.05, 3.63) is 23.8 Å².